The normalized spacial score (nSPS) is 23.6. The van der Waals surface area contributed by atoms with Crippen molar-refractivity contribution in [2.75, 3.05) is 32.8 Å². The van der Waals surface area contributed by atoms with Gasteiger partial charge < -0.3 is 10.1 Å². The van der Waals surface area contributed by atoms with Gasteiger partial charge in [-0.3, -0.25) is 9.69 Å². The van der Waals surface area contributed by atoms with Gasteiger partial charge in [-0.2, -0.15) is 0 Å². The van der Waals surface area contributed by atoms with Crippen LogP contribution < -0.4 is 5.32 Å². The summed E-state index contributed by atoms with van der Waals surface area (Å²) in [6.45, 7) is 6.17. The van der Waals surface area contributed by atoms with Crippen LogP contribution in [0.1, 0.15) is 23.9 Å². The highest BCUT2D eigenvalue weighted by Crippen LogP contribution is 2.34. The zero-order valence-electron chi connectivity index (χ0n) is 18.3. The molecule has 2 aromatic rings. The summed E-state index contributed by atoms with van der Waals surface area (Å²) in [5.74, 6) is 0.310. The van der Waals surface area contributed by atoms with Crippen LogP contribution >= 0.6 is 0 Å². The van der Waals surface area contributed by atoms with Crippen LogP contribution in [-0.2, 0) is 27.9 Å². The van der Waals surface area contributed by atoms with Crippen LogP contribution in [0.3, 0.4) is 0 Å². The van der Waals surface area contributed by atoms with E-state index in [0.717, 1.165) is 37.4 Å². The minimum atomic E-state index is -1.22. The van der Waals surface area contributed by atoms with Gasteiger partial charge in [-0.1, -0.05) is 42.5 Å². The van der Waals surface area contributed by atoms with Gasteiger partial charge in [-0.05, 0) is 29.7 Å². The third-order valence-corrected chi connectivity index (χ3v) is 5.97. The fraction of sp³-hybridized carbons (Fsp3) is 0.400. The molecule has 1 N–H and O–H groups in total. The first-order valence-electron chi connectivity index (χ1n) is 11.0. The summed E-state index contributed by atoms with van der Waals surface area (Å²) in [5.41, 5.74) is 1.77. The lowest BCUT2D eigenvalue weighted by Gasteiger charge is -2.32. The van der Waals surface area contributed by atoms with Gasteiger partial charge >= 0.3 is 0 Å². The van der Waals surface area contributed by atoms with Gasteiger partial charge in [0.05, 0.1) is 25.0 Å². The van der Waals surface area contributed by atoms with E-state index in [-0.39, 0.29) is 12.3 Å². The van der Waals surface area contributed by atoms with Crippen LogP contribution in [0.5, 0.6) is 0 Å². The highest BCUT2D eigenvalue weighted by atomic mass is 19.1. The molecule has 1 amide bonds. The summed E-state index contributed by atoms with van der Waals surface area (Å²) in [7, 11) is 0. The zero-order valence-corrected chi connectivity index (χ0v) is 18.3. The number of aromatic nitrogens is 2. The molecule has 2 heterocycles. The molecule has 1 aliphatic carbocycles. The van der Waals surface area contributed by atoms with E-state index in [9.17, 15) is 4.79 Å². The maximum Gasteiger partial charge on any atom is 0.224 e. The molecule has 2 unspecified atom stereocenters. The summed E-state index contributed by atoms with van der Waals surface area (Å²) >= 11 is 0. The molecule has 1 fully saturated rings. The van der Waals surface area contributed by atoms with E-state index < -0.39 is 11.6 Å². The minimum Gasteiger partial charge on any atom is -0.379 e. The number of hydrogen-bond acceptors (Lipinski definition) is 5. The molecular weight excluding hydrogens is 407 g/mol. The Balaban J connectivity index is 1.33. The van der Waals surface area contributed by atoms with Gasteiger partial charge in [0.15, 0.2) is 0 Å². The first-order chi connectivity index (χ1) is 15.5. The molecule has 0 saturated carbocycles. The standard InChI is InChI=1S/C25H29FN4O2/c1-25(8-7-20(13-22(25)26)18-30-9-11-32-12-10-30)24-28-16-21(17-29-24)14-23(31)27-15-19-5-3-2-4-6-19/h2-8,13,16-17,22H,9-12,14-15,18H2,1H3,(H,27,31). The second-order valence-electron chi connectivity index (χ2n) is 8.50. The molecule has 1 aromatic carbocycles. The molecule has 1 aliphatic heterocycles. The number of allylic oxidation sites excluding steroid dienone is 2. The first kappa shape index (κ1) is 22.3. The van der Waals surface area contributed by atoms with Crippen molar-refractivity contribution in [1.82, 2.24) is 20.2 Å². The first-order valence-corrected chi connectivity index (χ1v) is 11.0. The number of alkyl halides is 1. The number of nitrogens with one attached hydrogen (secondary N) is 1. The van der Waals surface area contributed by atoms with Crippen LogP contribution in [0.4, 0.5) is 4.39 Å². The second kappa shape index (κ2) is 10.1. The fourth-order valence-electron chi connectivity index (χ4n) is 3.88. The summed E-state index contributed by atoms with van der Waals surface area (Å²) in [6, 6.07) is 9.74. The quantitative estimate of drug-likeness (QED) is 0.723. The number of halogens is 1. The zero-order chi connectivity index (χ0) is 22.4. The van der Waals surface area contributed by atoms with E-state index in [1.165, 1.54) is 0 Å². The van der Waals surface area contributed by atoms with Gasteiger partial charge in [0, 0.05) is 38.6 Å². The Hall–Kier alpha value is -2.90. The Bertz CT molecular complexity index is 971. The van der Waals surface area contributed by atoms with Crippen molar-refractivity contribution in [3.8, 4) is 0 Å². The Labute approximate surface area is 188 Å². The maximum absolute atomic E-state index is 15.2. The van der Waals surface area contributed by atoms with E-state index in [1.54, 1.807) is 25.4 Å². The smallest absolute Gasteiger partial charge is 0.224 e. The predicted octanol–water partition coefficient (Wildman–Crippen LogP) is 2.76. The van der Waals surface area contributed by atoms with Crippen molar-refractivity contribution in [1.29, 1.82) is 0 Å². The molecule has 1 saturated heterocycles. The topological polar surface area (TPSA) is 67.4 Å². The average Bonchev–Trinajstić information content (AvgIpc) is 2.82. The molecule has 32 heavy (non-hydrogen) atoms. The summed E-state index contributed by atoms with van der Waals surface area (Å²) < 4.78 is 20.6. The summed E-state index contributed by atoms with van der Waals surface area (Å²) in [5, 5.41) is 2.89. The van der Waals surface area contributed by atoms with Crippen molar-refractivity contribution >= 4 is 5.91 Å². The summed E-state index contributed by atoms with van der Waals surface area (Å²) in [4.78, 5) is 23.3. The highest BCUT2D eigenvalue weighted by Gasteiger charge is 2.38. The second-order valence-corrected chi connectivity index (χ2v) is 8.50. The monoisotopic (exact) mass is 436 g/mol. The van der Waals surface area contributed by atoms with Gasteiger partial charge in [-0.25, -0.2) is 14.4 Å². The molecule has 2 atom stereocenters. The number of ether oxygens (including phenoxy) is 1. The number of carbonyl (C=O) groups excluding carboxylic acids is 1. The molecule has 168 valence electrons. The lowest BCUT2D eigenvalue weighted by atomic mass is 9.79. The number of carbonyl (C=O) groups is 1. The molecule has 0 spiro atoms. The number of rotatable bonds is 7. The van der Waals surface area contributed by atoms with Gasteiger partial charge in [0.25, 0.3) is 0 Å². The molecule has 2 aliphatic rings. The van der Waals surface area contributed by atoms with Crippen LogP contribution in [0.25, 0.3) is 0 Å². The van der Waals surface area contributed by atoms with E-state index in [1.807, 2.05) is 42.5 Å². The Morgan fingerprint density at radius 1 is 1.19 bits per heavy atom. The van der Waals surface area contributed by atoms with E-state index in [2.05, 4.69) is 20.2 Å². The Kier molecular flexibility index (Phi) is 7.07. The number of hydrogen-bond donors (Lipinski definition) is 1. The number of nitrogens with zero attached hydrogens (tertiary/aromatic N) is 3. The van der Waals surface area contributed by atoms with Crippen molar-refractivity contribution in [3.63, 3.8) is 0 Å². The predicted molar refractivity (Wildman–Crippen MR) is 121 cm³/mol. The Morgan fingerprint density at radius 2 is 1.91 bits per heavy atom. The lowest BCUT2D eigenvalue weighted by molar-refractivity contribution is -0.120. The van der Waals surface area contributed by atoms with Crippen molar-refractivity contribution in [2.45, 2.75) is 31.5 Å². The number of benzene rings is 1. The van der Waals surface area contributed by atoms with Gasteiger partial charge in [-0.15, -0.1) is 0 Å². The molecular formula is C25H29FN4O2. The Morgan fingerprint density at radius 3 is 2.59 bits per heavy atom. The third-order valence-electron chi connectivity index (χ3n) is 5.97. The third kappa shape index (κ3) is 5.47. The lowest BCUT2D eigenvalue weighted by Crippen LogP contribution is -2.39. The molecule has 0 bridgehead atoms. The van der Waals surface area contributed by atoms with Gasteiger partial charge in [0.1, 0.15) is 12.0 Å². The molecule has 4 rings (SSSR count). The minimum absolute atomic E-state index is 0.104. The van der Waals surface area contributed by atoms with E-state index in [0.29, 0.717) is 24.5 Å². The molecule has 7 heteroatoms. The van der Waals surface area contributed by atoms with Crippen LogP contribution in [0.2, 0.25) is 0 Å². The van der Waals surface area contributed by atoms with Crippen molar-refractivity contribution in [3.05, 3.63) is 83.5 Å². The fourth-order valence-corrected chi connectivity index (χ4v) is 3.88. The largest absolute Gasteiger partial charge is 0.379 e. The number of morpholine rings is 1. The molecule has 1 aromatic heterocycles. The van der Waals surface area contributed by atoms with Crippen LogP contribution in [-0.4, -0.2) is 59.8 Å². The highest BCUT2D eigenvalue weighted by molar-refractivity contribution is 5.78. The number of amides is 1. The van der Waals surface area contributed by atoms with Gasteiger partial charge in [0.2, 0.25) is 5.91 Å². The maximum atomic E-state index is 15.2. The van der Waals surface area contributed by atoms with E-state index >= 15 is 4.39 Å². The SMILES string of the molecule is CC1(c2ncc(CC(=O)NCc3ccccc3)cn2)C=CC(CN2CCOCC2)=CC1F. The molecule has 6 nitrogen and oxygen atoms in total. The average molecular weight is 437 g/mol. The van der Waals surface area contributed by atoms with Crippen molar-refractivity contribution < 1.29 is 13.9 Å². The van der Waals surface area contributed by atoms with Crippen LogP contribution in [0, 0.1) is 0 Å². The van der Waals surface area contributed by atoms with E-state index in [4.69, 9.17) is 4.74 Å². The van der Waals surface area contributed by atoms with Crippen molar-refractivity contribution in [2.24, 2.45) is 0 Å². The van der Waals surface area contributed by atoms with Crippen LogP contribution in [0.15, 0.2) is 66.5 Å². The summed E-state index contributed by atoms with van der Waals surface area (Å²) in [6.07, 6.45) is 7.69. The molecule has 0 radical (unpaired) electrons.